The van der Waals surface area contributed by atoms with Crippen molar-refractivity contribution in [3.63, 3.8) is 0 Å². The highest BCUT2D eigenvalue weighted by Crippen LogP contribution is 2.00. The van der Waals surface area contributed by atoms with Gasteiger partial charge in [-0.2, -0.15) is 10.5 Å². The van der Waals surface area contributed by atoms with E-state index in [1.54, 1.807) is 0 Å². The van der Waals surface area contributed by atoms with Crippen LogP contribution in [0.5, 0.6) is 0 Å². The second kappa shape index (κ2) is 6.44. The van der Waals surface area contributed by atoms with Gasteiger partial charge in [0.05, 0.1) is 0 Å². The number of ether oxygens (including phenoxy) is 1. The summed E-state index contributed by atoms with van der Waals surface area (Å²) in [6, 6.07) is 2.92. The Bertz CT molecular complexity index is 285. The number of nitrogens with zero attached hydrogens (tertiary/aromatic N) is 2. The number of esters is 1. The first-order valence-corrected chi connectivity index (χ1v) is 3.80. The van der Waals surface area contributed by atoms with Crippen molar-refractivity contribution in [2.24, 2.45) is 0 Å². The molecule has 0 heterocycles. The molecule has 6 heteroatoms. The summed E-state index contributed by atoms with van der Waals surface area (Å²) in [7, 11) is 0. The number of rotatable bonds is 5. The number of carbonyl (C=O) groups is 2. The van der Waals surface area contributed by atoms with Crippen LogP contribution in [0.25, 0.3) is 0 Å². The molecule has 0 atom stereocenters. The maximum atomic E-state index is 10.8. The molecule has 0 amide bonds. The predicted octanol–water partition coefficient (Wildman–Crippen LogP) is 0.200. The summed E-state index contributed by atoms with van der Waals surface area (Å²) in [6.45, 7) is 0. The Balaban J connectivity index is 3.73. The fourth-order valence-electron chi connectivity index (χ4n) is 0.656. The van der Waals surface area contributed by atoms with E-state index in [4.69, 9.17) is 15.6 Å². The largest absolute Gasteiger partial charge is 0.481 e. The Morgan fingerprint density at radius 1 is 1.29 bits per heavy atom. The van der Waals surface area contributed by atoms with Gasteiger partial charge in [0.2, 0.25) is 0 Å². The summed E-state index contributed by atoms with van der Waals surface area (Å²) in [5, 5.41) is 24.7. The molecular weight excluding hydrogens is 188 g/mol. The third-order valence-electron chi connectivity index (χ3n) is 1.26. The lowest BCUT2D eigenvalue weighted by Gasteiger charge is -2.02. The molecule has 0 aliphatic carbocycles. The minimum absolute atomic E-state index is 0.105. The van der Waals surface area contributed by atoms with Gasteiger partial charge in [0.1, 0.15) is 12.1 Å². The molecule has 0 saturated heterocycles. The minimum Gasteiger partial charge on any atom is -0.481 e. The standard InChI is InChI=1S/C8H8N2O4/c9-4-6(5-10)14-8(13)3-1-2-7(11)12/h6H,1-3H2,(H,11,12). The maximum absolute atomic E-state index is 10.8. The summed E-state index contributed by atoms with van der Waals surface area (Å²) in [6.07, 6.45) is -1.52. The van der Waals surface area contributed by atoms with Crippen LogP contribution in [-0.2, 0) is 14.3 Å². The van der Waals surface area contributed by atoms with E-state index in [0.29, 0.717) is 0 Å². The van der Waals surface area contributed by atoms with E-state index in [0.717, 1.165) is 0 Å². The lowest BCUT2D eigenvalue weighted by molar-refractivity contribution is -0.145. The SMILES string of the molecule is N#CC(C#N)OC(=O)CCCC(=O)O. The first-order chi connectivity index (χ1) is 6.60. The molecule has 0 radical (unpaired) electrons. The van der Waals surface area contributed by atoms with E-state index >= 15 is 0 Å². The Morgan fingerprint density at radius 3 is 2.29 bits per heavy atom. The number of hydrogen-bond donors (Lipinski definition) is 1. The second-order valence-corrected chi connectivity index (χ2v) is 2.38. The molecule has 74 valence electrons. The van der Waals surface area contributed by atoms with Gasteiger partial charge in [-0.25, -0.2) is 0 Å². The van der Waals surface area contributed by atoms with E-state index in [-0.39, 0.29) is 19.3 Å². The van der Waals surface area contributed by atoms with Crippen LogP contribution in [0.1, 0.15) is 19.3 Å². The van der Waals surface area contributed by atoms with E-state index in [9.17, 15) is 9.59 Å². The highest BCUT2D eigenvalue weighted by atomic mass is 16.5. The van der Waals surface area contributed by atoms with Crippen LogP contribution in [0.15, 0.2) is 0 Å². The molecule has 0 fully saturated rings. The zero-order valence-corrected chi connectivity index (χ0v) is 7.27. The van der Waals surface area contributed by atoms with E-state index in [2.05, 4.69) is 4.74 Å². The average Bonchev–Trinajstić information content (AvgIpc) is 2.13. The molecule has 0 unspecified atom stereocenters. The molecule has 14 heavy (non-hydrogen) atoms. The number of carboxylic acid groups (broad SMARTS) is 1. The number of carbonyl (C=O) groups excluding carboxylic acids is 1. The summed E-state index contributed by atoms with van der Waals surface area (Å²) in [4.78, 5) is 20.9. The monoisotopic (exact) mass is 196 g/mol. The van der Waals surface area contributed by atoms with Crippen LogP contribution in [0, 0.1) is 22.7 Å². The topological polar surface area (TPSA) is 111 Å². The van der Waals surface area contributed by atoms with Crippen molar-refractivity contribution in [2.75, 3.05) is 0 Å². The van der Waals surface area contributed by atoms with Crippen LogP contribution in [0.4, 0.5) is 0 Å². The summed E-state index contributed by atoms with van der Waals surface area (Å²) >= 11 is 0. The van der Waals surface area contributed by atoms with E-state index in [1.165, 1.54) is 12.1 Å². The zero-order valence-electron chi connectivity index (χ0n) is 7.27. The molecule has 0 bridgehead atoms. The molecular formula is C8H8N2O4. The van der Waals surface area contributed by atoms with Crippen LogP contribution in [-0.4, -0.2) is 23.1 Å². The van der Waals surface area contributed by atoms with Crippen molar-refractivity contribution in [3.8, 4) is 12.1 Å². The van der Waals surface area contributed by atoms with Crippen molar-refractivity contribution in [1.82, 2.24) is 0 Å². The van der Waals surface area contributed by atoms with Gasteiger partial charge in [0.15, 0.2) is 0 Å². The molecule has 1 N–H and O–H groups in total. The minimum atomic E-state index is -1.41. The van der Waals surface area contributed by atoms with Crippen molar-refractivity contribution >= 4 is 11.9 Å². The van der Waals surface area contributed by atoms with Crippen molar-refractivity contribution in [2.45, 2.75) is 25.4 Å². The summed E-state index contributed by atoms with van der Waals surface area (Å²) in [5.41, 5.74) is 0. The van der Waals surface area contributed by atoms with Crippen LogP contribution >= 0.6 is 0 Å². The lowest BCUT2D eigenvalue weighted by Crippen LogP contribution is -2.14. The Hall–Kier alpha value is -2.08. The number of aliphatic carboxylic acids is 1. The van der Waals surface area contributed by atoms with Gasteiger partial charge < -0.3 is 9.84 Å². The third kappa shape index (κ3) is 5.56. The van der Waals surface area contributed by atoms with Gasteiger partial charge in [-0.15, -0.1) is 0 Å². The Labute approximate surface area is 80.3 Å². The number of nitriles is 2. The smallest absolute Gasteiger partial charge is 0.308 e. The van der Waals surface area contributed by atoms with E-state index in [1.807, 2.05) is 0 Å². The molecule has 0 saturated carbocycles. The fraction of sp³-hybridized carbons (Fsp3) is 0.500. The molecule has 0 aliphatic heterocycles. The highest BCUT2D eigenvalue weighted by molar-refractivity contribution is 5.72. The zero-order chi connectivity index (χ0) is 11.0. The van der Waals surface area contributed by atoms with E-state index < -0.39 is 18.0 Å². The lowest BCUT2D eigenvalue weighted by atomic mass is 10.2. The van der Waals surface area contributed by atoms with Crippen LogP contribution in [0.3, 0.4) is 0 Å². The second-order valence-electron chi connectivity index (χ2n) is 2.38. The normalized spacial score (nSPS) is 8.79. The molecule has 6 nitrogen and oxygen atoms in total. The Morgan fingerprint density at radius 2 is 1.86 bits per heavy atom. The van der Waals surface area contributed by atoms with Gasteiger partial charge in [-0.05, 0) is 6.42 Å². The molecule has 0 aromatic heterocycles. The average molecular weight is 196 g/mol. The van der Waals surface area contributed by atoms with Crippen LogP contribution < -0.4 is 0 Å². The van der Waals surface area contributed by atoms with Crippen molar-refractivity contribution in [1.29, 1.82) is 10.5 Å². The number of hydrogen-bond acceptors (Lipinski definition) is 5. The summed E-state index contributed by atoms with van der Waals surface area (Å²) in [5.74, 6) is -1.74. The molecule has 0 spiro atoms. The number of carboxylic acids is 1. The van der Waals surface area contributed by atoms with Crippen molar-refractivity contribution in [3.05, 3.63) is 0 Å². The van der Waals surface area contributed by atoms with Gasteiger partial charge in [-0.3, -0.25) is 9.59 Å². The summed E-state index contributed by atoms with van der Waals surface area (Å²) < 4.78 is 4.38. The first-order valence-electron chi connectivity index (χ1n) is 3.80. The quantitative estimate of drug-likeness (QED) is 0.628. The maximum Gasteiger partial charge on any atom is 0.308 e. The predicted molar refractivity (Wildman–Crippen MR) is 42.6 cm³/mol. The van der Waals surface area contributed by atoms with Crippen LogP contribution in [0.2, 0.25) is 0 Å². The molecule has 0 aliphatic rings. The van der Waals surface area contributed by atoms with Gasteiger partial charge >= 0.3 is 11.9 Å². The molecule has 0 aromatic rings. The fourth-order valence-corrected chi connectivity index (χ4v) is 0.656. The highest BCUT2D eigenvalue weighted by Gasteiger charge is 2.12. The van der Waals surface area contributed by atoms with Gasteiger partial charge in [-0.1, -0.05) is 0 Å². The third-order valence-corrected chi connectivity index (χ3v) is 1.26. The Kier molecular flexibility index (Phi) is 5.48. The van der Waals surface area contributed by atoms with Gasteiger partial charge in [0, 0.05) is 12.8 Å². The van der Waals surface area contributed by atoms with Gasteiger partial charge in [0.25, 0.3) is 6.10 Å². The van der Waals surface area contributed by atoms with Crippen molar-refractivity contribution < 1.29 is 19.4 Å². The first kappa shape index (κ1) is 11.9. The molecule has 0 aromatic carbocycles. The molecule has 0 rings (SSSR count).